The maximum atomic E-state index is 13.3. The van der Waals surface area contributed by atoms with E-state index in [1.807, 2.05) is 30.3 Å². The van der Waals surface area contributed by atoms with Crippen molar-refractivity contribution >= 4 is 10.0 Å². The molecule has 6 nitrogen and oxygen atoms in total. The average molecular weight is 380 g/mol. The molecule has 140 valence electrons. The molecule has 1 unspecified atom stereocenters. The molecule has 0 saturated heterocycles. The van der Waals surface area contributed by atoms with Crippen LogP contribution in [-0.4, -0.2) is 26.9 Å². The topological polar surface area (TPSA) is 102 Å². The average Bonchev–Trinajstić information content (AvgIpc) is 2.61. The maximum Gasteiger partial charge on any atom is 0.246 e. The van der Waals surface area contributed by atoms with E-state index in [9.17, 15) is 17.9 Å². The van der Waals surface area contributed by atoms with E-state index in [-0.39, 0.29) is 16.3 Å². The van der Waals surface area contributed by atoms with Gasteiger partial charge in [0.25, 0.3) is 0 Å². The first kappa shape index (κ1) is 19.9. The number of aliphatic hydroxyl groups excluding tert-OH is 1. The van der Waals surface area contributed by atoms with E-state index in [0.717, 1.165) is 23.8 Å². The summed E-state index contributed by atoms with van der Waals surface area (Å²) in [5.41, 5.74) is 7.50. The fourth-order valence-electron chi connectivity index (χ4n) is 2.37. The van der Waals surface area contributed by atoms with Crippen LogP contribution >= 0.6 is 0 Å². The summed E-state index contributed by atoms with van der Waals surface area (Å²) >= 11 is 0. The van der Waals surface area contributed by atoms with Gasteiger partial charge in [0.05, 0.1) is 12.8 Å². The summed E-state index contributed by atoms with van der Waals surface area (Å²) in [6, 6.07) is 12.4. The van der Waals surface area contributed by atoms with Gasteiger partial charge in [-0.25, -0.2) is 12.8 Å². The number of hydrogen-bond acceptors (Lipinski definition) is 5. The van der Waals surface area contributed by atoms with Gasteiger partial charge in [-0.15, -0.1) is 0 Å². The highest BCUT2D eigenvalue weighted by molar-refractivity contribution is 7.89. The summed E-state index contributed by atoms with van der Waals surface area (Å²) in [7, 11) is -2.95. The highest BCUT2D eigenvalue weighted by atomic mass is 32.2. The normalized spacial score (nSPS) is 13.8. The molecule has 0 radical (unpaired) electrons. The summed E-state index contributed by atoms with van der Waals surface area (Å²) in [6.07, 6.45) is -1.16. The van der Waals surface area contributed by atoms with Crippen LogP contribution in [0.25, 0.3) is 0 Å². The molecule has 8 heteroatoms. The van der Waals surface area contributed by atoms with Gasteiger partial charge < -0.3 is 15.6 Å². The molecule has 1 atom stereocenters. The molecule has 0 spiro atoms. The highest BCUT2D eigenvalue weighted by Gasteiger charge is 2.24. The number of ether oxygens (including phenoxy) is 1. The van der Waals surface area contributed by atoms with Crippen molar-refractivity contribution in [3.63, 3.8) is 0 Å². The fraction of sp³-hybridized carbons (Fsp3) is 0.222. The molecule has 0 aromatic heterocycles. The maximum absolute atomic E-state index is 13.3. The number of allylic oxidation sites excluding steroid dienone is 1. The number of nitrogens with one attached hydrogen (secondary N) is 1. The lowest BCUT2D eigenvalue weighted by Gasteiger charge is -2.17. The Kier molecular flexibility index (Phi) is 6.36. The molecule has 0 aliphatic carbocycles. The number of halogens is 1. The molecule has 0 bridgehead atoms. The van der Waals surface area contributed by atoms with E-state index in [1.165, 1.54) is 7.11 Å². The molecule has 4 N–H and O–H groups in total. The number of hydrogen-bond donors (Lipinski definition) is 3. The van der Waals surface area contributed by atoms with Gasteiger partial charge in [0.15, 0.2) is 6.23 Å². The lowest BCUT2D eigenvalue weighted by Crippen LogP contribution is -2.39. The van der Waals surface area contributed by atoms with Crippen LogP contribution in [0.3, 0.4) is 0 Å². The van der Waals surface area contributed by atoms with Gasteiger partial charge in [-0.1, -0.05) is 30.3 Å². The van der Waals surface area contributed by atoms with Crippen molar-refractivity contribution < 1.29 is 22.7 Å². The van der Waals surface area contributed by atoms with Gasteiger partial charge in [0.1, 0.15) is 16.5 Å². The number of nitrogens with two attached hydrogens (primary N) is 1. The zero-order valence-electron chi connectivity index (χ0n) is 14.4. The van der Waals surface area contributed by atoms with Gasteiger partial charge in [-0.2, -0.15) is 4.72 Å². The minimum absolute atomic E-state index is 0.00138. The Labute approximate surface area is 152 Å². The van der Waals surface area contributed by atoms with Crippen LogP contribution in [0.15, 0.2) is 64.7 Å². The molecule has 2 rings (SSSR count). The van der Waals surface area contributed by atoms with Gasteiger partial charge in [-0.05, 0) is 36.6 Å². The van der Waals surface area contributed by atoms with Gasteiger partial charge >= 0.3 is 0 Å². The summed E-state index contributed by atoms with van der Waals surface area (Å²) in [5.74, 6) is -0.812. The Morgan fingerprint density at radius 1 is 1.27 bits per heavy atom. The monoisotopic (exact) mass is 380 g/mol. The number of methoxy groups -OCH3 is 1. The zero-order valence-corrected chi connectivity index (χ0v) is 15.3. The first-order valence-corrected chi connectivity index (χ1v) is 9.26. The quantitative estimate of drug-likeness (QED) is 0.637. The molecule has 0 saturated carbocycles. The van der Waals surface area contributed by atoms with E-state index in [0.29, 0.717) is 12.0 Å². The van der Waals surface area contributed by atoms with Crippen molar-refractivity contribution in [1.82, 2.24) is 4.72 Å². The number of benzene rings is 2. The van der Waals surface area contributed by atoms with Crippen LogP contribution in [0, 0.1) is 5.82 Å². The molecule has 0 fully saturated rings. The molecule has 0 aliphatic heterocycles. The third-order valence-electron chi connectivity index (χ3n) is 3.78. The first-order valence-electron chi connectivity index (χ1n) is 7.77. The molecule has 2 aromatic carbocycles. The molecular weight excluding hydrogens is 359 g/mol. The predicted octanol–water partition coefficient (Wildman–Crippen LogP) is 1.91. The lowest BCUT2D eigenvalue weighted by molar-refractivity contribution is 0.196. The fourth-order valence-corrected chi connectivity index (χ4v) is 3.58. The van der Waals surface area contributed by atoms with E-state index in [4.69, 9.17) is 10.5 Å². The largest absolute Gasteiger partial charge is 0.495 e. The van der Waals surface area contributed by atoms with E-state index < -0.39 is 22.1 Å². The van der Waals surface area contributed by atoms with E-state index in [2.05, 4.69) is 4.72 Å². The Morgan fingerprint density at radius 3 is 2.54 bits per heavy atom. The Hall–Kier alpha value is -2.42. The number of aliphatic hydroxyl groups is 1. The molecule has 0 amide bonds. The number of sulfonamides is 1. The van der Waals surface area contributed by atoms with Crippen LogP contribution in [-0.2, 0) is 16.4 Å². The van der Waals surface area contributed by atoms with Crippen LogP contribution in [0.4, 0.5) is 4.39 Å². The zero-order chi connectivity index (χ0) is 19.3. The smallest absolute Gasteiger partial charge is 0.246 e. The predicted molar refractivity (Wildman–Crippen MR) is 96.3 cm³/mol. The summed E-state index contributed by atoms with van der Waals surface area (Å²) in [6.45, 7) is 1.71. The molecule has 0 heterocycles. The van der Waals surface area contributed by atoms with Crippen LogP contribution in [0.5, 0.6) is 5.75 Å². The summed E-state index contributed by atoms with van der Waals surface area (Å²) < 4.78 is 45.2. The highest BCUT2D eigenvalue weighted by Crippen LogP contribution is 2.24. The first-order chi connectivity index (χ1) is 12.2. The summed E-state index contributed by atoms with van der Waals surface area (Å²) in [4.78, 5) is -0.297. The molecule has 0 aliphatic rings. The van der Waals surface area contributed by atoms with Crippen molar-refractivity contribution in [2.24, 2.45) is 5.73 Å². The minimum Gasteiger partial charge on any atom is -0.495 e. The van der Waals surface area contributed by atoms with Crippen molar-refractivity contribution in [2.45, 2.75) is 24.5 Å². The van der Waals surface area contributed by atoms with E-state index in [1.54, 1.807) is 6.92 Å². The standard InChI is InChI=1S/C18H21FN2O4S/c1-12(10-13-6-4-3-5-7-13)17(20)18(22)21-26(23,24)16-9-8-14(19)11-15(16)25-2/h3-9,11,18,21-22H,10,20H2,1-2H3/b17-12-. The van der Waals surface area contributed by atoms with Gasteiger partial charge in [-0.3, -0.25) is 0 Å². The van der Waals surface area contributed by atoms with Crippen molar-refractivity contribution in [1.29, 1.82) is 0 Å². The van der Waals surface area contributed by atoms with Crippen LogP contribution < -0.4 is 15.2 Å². The molecular formula is C18H21FN2O4S. The third kappa shape index (κ3) is 4.81. The van der Waals surface area contributed by atoms with E-state index >= 15 is 0 Å². The van der Waals surface area contributed by atoms with Gasteiger partial charge in [0.2, 0.25) is 10.0 Å². The second-order valence-corrected chi connectivity index (χ2v) is 7.40. The van der Waals surface area contributed by atoms with Crippen LogP contribution in [0.2, 0.25) is 0 Å². The van der Waals surface area contributed by atoms with Crippen molar-refractivity contribution in [2.75, 3.05) is 7.11 Å². The molecule has 26 heavy (non-hydrogen) atoms. The second-order valence-electron chi connectivity index (χ2n) is 5.72. The Balaban J connectivity index is 2.22. The van der Waals surface area contributed by atoms with Crippen molar-refractivity contribution in [3.8, 4) is 5.75 Å². The minimum atomic E-state index is -4.18. The number of rotatable bonds is 7. The Bertz CT molecular complexity index is 899. The summed E-state index contributed by atoms with van der Waals surface area (Å²) in [5, 5.41) is 10.2. The SMILES string of the molecule is COc1cc(F)ccc1S(=O)(=O)NC(O)/C(N)=C(\C)Cc1ccccc1. The van der Waals surface area contributed by atoms with Crippen molar-refractivity contribution in [3.05, 3.63) is 71.2 Å². The third-order valence-corrected chi connectivity index (χ3v) is 5.23. The van der Waals surface area contributed by atoms with Gasteiger partial charge in [0, 0.05) is 6.07 Å². The molecule has 2 aromatic rings. The van der Waals surface area contributed by atoms with Crippen LogP contribution in [0.1, 0.15) is 12.5 Å². The second kappa shape index (κ2) is 8.31. The lowest BCUT2D eigenvalue weighted by atomic mass is 10.0. The Morgan fingerprint density at radius 2 is 1.92 bits per heavy atom.